The molecule has 16 heavy (non-hydrogen) atoms. The first-order valence-corrected chi connectivity index (χ1v) is 5.35. The van der Waals surface area contributed by atoms with Gasteiger partial charge in [-0.15, -0.1) is 0 Å². The molecule has 0 saturated carbocycles. The summed E-state index contributed by atoms with van der Waals surface area (Å²) in [5, 5.41) is 0.421. The van der Waals surface area contributed by atoms with E-state index >= 15 is 0 Å². The van der Waals surface area contributed by atoms with E-state index in [0.717, 1.165) is 16.8 Å². The lowest BCUT2D eigenvalue weighted by molar-refractivity contribution is 0.172. The minimum Gasteiger partial charge on any atom is -0.486 e. The standard InChI is InChI=1S/C11H9ClN2O2/c1-6-11(12)14-8-5-10-9(4-7(8)13-6)15-2-3-16-10/h4-5H,2-3H2,1H3. The van der Waals surface area contributed by atoms with Crippen LogP contribution in [0.2, 0.25) is 5.15 Å². The van der Waals surface area contributed by atoms with Crippen LogP contribution in [0, 0.1) is 6.92 Å². The summed E-state index contributed by atoms with van der Waals surface area (Å²) in [6.07, 6.45) is 0. The minimum absolute atomic E-state index is 0.421. The lowest BCUT2D eigenvalue weighted by atomic mass is 10.2. The Bertz CT molecular complexity index is 521. The maximum Gasteiger partial charge on any atom is 0.163 e. The third-order valence-electron chi connectivity index (χ3n) is 2.44. The first kappa shape index (κ1) is 9.66. The molecule has 1 aromatic heterocycles. The predicted octanol–water partition coefficient (Wildman–Crippen LogP) is 2.36. The van der Waals surface area contributed by atoms with Crippen molar-refractivity contribution in [1.82, 2.24) is 9.97 Å². The number of nitrogens with zero attached hydrogens (tertiary/aromatic N) is 2. The van der Waals surface area contributed by atoms with Crippen molar-refractivity contribution in [3.8, 4) is 11.5 Å². The molecule has 2 aromatic rings. The Labute approximate surface area is 97.2 Å². The summed E-state index contributed by atoms with van der Waals surface area (Å²) in [7, 11) is 0. The smallest absolute Gasteiger partial charge is 0.163 e. The molecule has 1 aliphatic heterocycles. The monoisotopic (exact) mass is 236 g/mol. The van der Waals surface area contributed by atoms with Gasteiger partial charge in [0, 0.05) is 12.1 Å². The second-order valence-electron chi connectivity index (χ2n) is 3.58. The highest BCUT2D eigenvalue weighted by atomic mass is 35.5. The predicted molar refractivity (Wildman–Crippen MR) is 60.3 cm³/mol. The molecule has 82 valence electrons. The lowest BCUT2D eigenvalue weighted by Crippen LogP contribution is -2.15. The minimum atomic E-state index is 0.421. The number of aromatic nitrogens is 2. The maximum atomic E-state index is 5.93. The average Bonchev–Trinajstić information content (AvgIpc) is 2.28. The molecule has 0 unspecified atom stereocenters. The van der Waals surface area contributed by atoms with Crippen molar-refractivity contribution in [2.75, 3.05) is 13.2 Å². The van der Waals surface area contributed by atoms with Crippen molar-refractivity contribution in [1.29, 1.82) is 0 Å². The van der Waals surface area contributed by atoms with Gasteiger partial charge in [0.25, 0.3) is 0 Å². The molecule has 0 amide bonds. The Morgan fingerprint density at radius 2 is 1.62 bits per heavy atom. The molecule has 5 heteroatoms. The summed E-state index contributed by atoms with van der Waals surface area (Å²) in [5.74, 6) is 1.42. The second-order valence-corrected chi connectivity index (χ2v) is 3.94. The van der Waals surface area contributed by atoms with E-state index in [9.17, 15) is 0 Å². The van der Waals surface area contributed by atoms with Crippen LogP contribution in [0.3, 0.4) is 0 Å². The van der Waals surface area contributed by atoms with E-state index in [1.54, 1.807) is 0 Å². The third kappa shape index (κ3) is 1.46. The highest BCUT2D eigenvalue weighted by Crippen LogP contribution is 2.33. The van der Waals surface area contributed by atoms with Gasteiger partial charge in [0.15, 0.2) is 16.7 Å². The molecule has 0 radical (unpaired) electrons. The second kappa shape index (κ2) is 3.49. The zero-order valence-corrected chi connectivity index (χ0v) is 9.41. The largest absolute Gasteiger partial charge is 0.486 e. The summed E-state index contributed by atoms with van der Waals surface area (Å²) < 4.78 is 10.9. The van der Waals surface area contributed by atoms with E-state index in [4.69, 9.17) is 21.1 Å². The number of ether oxygens (including phenoxy) is 2. The fraction of sp³-hybridized carbons (Fsp3) is 0.273. The molecular weight excluding hydrogens is 228 g/mol. The zero-order chi connectivity index (χ0) is 11.1. The molecular formula is C11H9ClN2O2. The molecule has 1 aromatic carbocycles. The van der Waals surface area contributed by atoms with Crippen LogP contribution in [0.1, 0.15) is 5.69 Å². The summed E-state index contributed by atoms with van der Waals surface area (Å²) in [6.45, 7) is 2.95. The van der Waals surface area contributed by atoms with Gasteiger partial charge in [-0.05, 0) is 6.92 Å². The fourth-order valence-electron chi connectivity index (χ4n) is 1.66. The van der Waals surface area contributed by atoms with E-state index < -0.39 is 0 Å². The van der Waals surface area contributed by atoms with E-state index in [1.165, 1.54) is 0 Å². The quantitative estimate of drug-likeness (QED) is 0.704. The van der Waals surface area contributed by atoms with Crippen molar-refractivity contribution in [3.05, 3.63) is 23.0 Å². The molecule has 3 rings (SSSR count). The molecule has 2 heterocycles. The van der Waals surface area contributed by atoms with Gasteiger partial charge in [0.05, 0.1) is 16.7 Å². The molecule has 0 bridgehead atoms. The average molecular weight is 237 g/mol. The van der Waals surface area contributed by atoms with Crippen molar-refractivity contribution in [2.45, 2.75) is 6.92 Å². The van der Waals surface area contributed by atoms with Crippen molar-refractivity contribution < 1.29 is 9.47 Å². The van der Waals surface area contributed by atoms with Crippen LogP contribution in [0.5, 0.6) is 11.5 Å². The van der Waals surface area contributed by atoms with E-state index in [0.29, 0.717) is 29.8 Å². The number of halogens is 1. The van der Waals surface area contributed by atoms with Crippen LogP contribution < -0.4 is 9.47 Å². The highest BCUT2D eigenvalue weighted by Gasteiger charge is 2.14. The van der Waals surface area contributed by atoms with Gasteiger partial charge in [-0.3, -0.25) is 0 Å². The number of aryl methyl sites for hydroxylation is 1. The van der Waals surface area contributed by atoms with Gasteiger partial charge >= 0.3 is 0 Å². The van der Waals surface area contributed by atoms with Crippen LogP contribution in [0.4, 0.5) is 0 Å². The third-order valence-corrected chi connectivity index (χ3v) is 2.80. The lowest BCUT2D eigenvalue weighted by Gasteiger charge is -2.18. The van der Waals surface area contributed by atoms with Crippen LogP contribution in [-0.4, -0.2) is 23.2 Å². The number of hydrogen-bond donors (Lipinski definition) is 0. The number of fused-ring (bicyclic) bond motifs is 2. The molecule has 0 fully saturated rings. The van der Waals surface area contributed by atoms with Crippen LogP contribution in [0.25, 0.3) is 11.0 Å². The Hall–Kier alpha value is -1.55. The molecule has 0 aliphatic carbocycles. The molecule has 4 nitrogen and oxygen atoms in total. The Morgan fingerprint density at radius 1 is 1.06 bits per heavy atom. The van der Waals surface area contributed by atoms with Crippen molar-refractivity contribution >= 4 is 22.6 Å². The van der Waals surface area contributed by atoms with Gasteiger partial charge in [0.2, 0.25) is 0 Å². The zero-order valence-electron chi connectivity index (χ0n) is 8.66. The fourth-order valence-corrected chi connectivity index (χ4v) is 1.79. The van der Waals surface area contributed by atoms with Gasteiger partial charge in [-0.2, -0.15) is 0 Å². The molecule has 0 atom stereocenters. The maximum absolute atomic E-state index is 5.93. The Morgan fingerprint density at radius 3 is 2.25 bits per heavy atom. The van der Waals surface area contributed by atoms with Crippen LogP contribution in [0.15, 0.2) is 12.1 Å². The van der Waals surface area contributed by atoms with Gasteiger partial charge in [-0.25, -0.2) is 9.97 Å². The van der Waals surface area contributed by atoms with E-state index in [-0.39, 0.29) is 0 Å². The van der Waals surface area contributed by atoms with Gasteiger partial charge in [-0.1, -0.05) is 11.6 Å². The first-order valence-electron chi connectivity index (χ1n) is 4.97. The Kier molecular flexibility index (Phi) is 2.11. The Balaban J connectivity index is 2.27. The van der Waals surface area contributed by atoms with E-state index in [2.05, 4.69) is 9.97 Å². The summed E-state index contributed by atoms with van der Waals surface area (Å²) in [5.41, 5.74) is 2.21. The normalized spacial score (nSPS) is 14.1. The SMILES string of the molecule is Cc1nc2cc3c(cc2nc1Cl)OCCO3. The summed E-state index contributed by atoms with van der Waals surface area (Å²) >= 11 is 5.93. The summed E-state index contributed by atoms with van der Waals surface area (Å²) in [6, 6.07) is 3.64. The summed E-state index contributed by atoms with van der Waals surface area (Å²) in [4.78, 5) is 8.60. The number of rotatable bonds is 0. The van der Waals surface area contributed by atoms with Crippen molar-refractivity contribution in [2.24, 2.45) is 0 Å². The van der Waals surface area contributed by atoms with Gasteiger partial charge < -0.3 is 9.47 Å². The molecule has 1 aliphatic rings. The topological polar surface area (TPSA) is 44.2 Å². The van der Waals surface area contributed by atoms with E-state index in [1.807, 2.05) is 19.1 Å². The van der Waals surface area contributed by atoms with Crippen LogP contribution >= 0.6 is 11.6 Å². The first-order chi connectivity index (χ1) is 7.74. The van der Waals surface area contributed by atoms with Gasteiger partial charge in [0.1, 0.15) is 13.2 Å². The number of hydrogen-bond acceptors (Lipinski definition) is 4. The number of benzene rings is 1. The molecule has 0 spiro atoms. The molecule has 0 N–H and O–H groups in total. The van der Waals surface area contributed by atoms with Crippen molar-refractivity contribution in [3.63, 3.8) is 0 Å². The highest BCUT2D eigenvalue weighted by molar-refractivity contribution is 6.30. The van der Waals surface area contributed by atoms with Crippen LogP contribution in [-0.2, 0) is 0 Å². The molecule has 0 saturated heterocycles.